The van der Waals surface area contributed by atoms with Crippen molar-refractivity contribution in [3.05, 3.63) is 47.8 Å². The number of hydrogen-bond donors (Lipinski definition) is 2. The van der Waals surface area contributed by atoms with Gasteiger partial charge in [-0.1, -0.05) is 6.08 Å². The Morgan fingerprint density at radius 3 is 2.83 bits per heavy atom. The molecule has 0 unspecified atom stereocenters. The summed E-state index contributed by atoms with van der Waals surface area (Å²) in [6.07, 6.45) is 4.94. The van der Waals surface area contributed by atoms with Crippen LogP contribution in [0.4, 0.5) is 5.82 Å². The van der Waals surface area contributed by atoms with Crippen LogP contribution in [0.5, 0.6) is 5.75 Å². The highest BCUT2D eigenvalue weighted by Crippen LogP contribution is 2.27. The van der Waals surface area contributed by atoms with Gasteiger partial charge in [-0.05, 0) is 51.0 Å². The maximum atomic E-state index is 12.9. The number of carbonyl (C=O) groups is 1. The molecule has 0 atom stereocenters. The number of anilines is 1. The first-order valence-electron chi connectivity index (χ1n) is 10.1. The molecular weight excluding hydrogens is 380 g/mol. The lowest BCUT2D eigenvalue weighted by Crippen LogP contribution is -2.41. The van der Waals surface area contributed by atoms with E-state index in [4.69, 9.17) is 4.74 Å². The van der Waals surface area contributed by atoms with Crippen molar-refractivity contribution in [2.24, 2.45) is 7.05 Å². The van der Waals surface area contributed by atoms with Crippen molar-refractivity contribution in [2.75, 3.05) is 18.5 Å². The van der Waals surface area contributed by atoms with Gasteiger partial charge in [0.2, 0.25) is 0 Å². The number of ether oxygens (including phenoxy) is 1. The van der Waals surface area contributed by atoms with E-state index in [0.29, 0.717) is 23.7 Å². The van der Waals surface area contributed by atoms with E-state index in [9.17, 15) is 4.79 Å². The maximum absolute atomic E-state index is 12.9. The normalized spacial score (nSPS) is 15.7. The SMILES string of the molecule is CCOc1cc2nn(C)cc2cc1C(=O)Nc1ccc(C2=CC(C)(C)NCC2)nn1. The topological polar surface area (TPSA) is 94.0 Å². The van der Waals surface area contributed by atoms with Crippen LogP contribution >= 0.6 is 0 Å². The molecule has 0 saturated carbocycles. The molecule has 2 N–H and O–H groups in total. The van der Waals surface area contributed by atoms with Crippen molar-refractivity contribution in [2.45, 2.75) is 32.7 Å². The van der Waals surface area contributed by atoms with Crippen molar-refractivity contribution < 1.29 is 9.53 Å². The molecule has 1 aliphatic rings. The van der Waals surface area contributed by atoms with E-state index >= 15 is 0 Å². The van der Waals surface area contributed by atoms with Gasteiger partial charge in [0, 0.05) is 36.8 Å². The summed E-state index contributed by atoms with van der Waals surface area (Å²) in [6.45, 7) is 7.49. The van der Waals surface area contributed by atoms with Crippen LogP contribution in [0.2, 0.25) is 0 Å². The Morgan fingerprint density at radius 2 is 2.13 bits per heavy atom. The molecule has 0 aliphatic carbocycles. The van der Waals surface area contributed by atoms with E-state index < -0.39 is 0 Å². The quantitative estimate of drug-likeness (QED) is 0.676. The fraction of sp³-hybridized carbons (Fsp3) is 0.364. The van der Waals surface area contributed by atoms with Gasteiger partial charge in [-0.15, -0.1) is 10.2 Å². The Labute approximate surface area is 175 Å². The lowest BCUT2D eigenvalue weighted by atomic mass is 9.93. The van der Waals surface area contributed by atoms with Gasteiger partial charge in [0.05, 0.1) is 23.4 Å². The van der Waals surface area contributed by atoms with E-state index in [2.05, 4.69) is 45.9 Å². The second-order valence-corrected chi connectivity index (χ2v) is 7.97. The van der Waals surface area contributed by atoms with Crippen LogP contribution in [0, 0.1) is 0 Å². The highest BCUT2D eigenvalue weighted by molar-refractivity contribution is 6.08. The van der Waals surface area contributed by atoms with Gasteiger partial charge in [0.15, 0.2) is 5.82 Å². The molecule has 0 radical (unpaired) electrons. The molecule has 0 bridgehead atoms. The summed E-state index contributed by atoms with van der Waals surface area (Å²) >= 11 is 0. The fourth-order valence-corrected chi connectivity index (χ4v) is 3.66. The molecule has 30 heavy (non-hydrogen) atoms. The van der Waals surface area contributed by atoms with Gasteiger partial charge in [-0.3, -0.25) is 9.48 Å². The number of nitrogens with one attached hydrogen (secondary N) is 2. The van der Waals surface area contributed by atoms with Gasteiger partial charge in [0.25, 0.3) is 5.91 Å². The highest BCUT2D eigenvalue weighted by Gasteiger charge is 2.21. The molecule has 0 saturated heterocycles. The van der Waals surface area contributed by atoms with Gasteiger partial charge in [0.1, 0.15) is 5.75 Å². The van der Waals surface area contributed by atoms with Crippen molar-refractivity contribution in [1.82, 2.24) is 25.3 Å². The van der Waals surface area contributed by atoms with Crippen LogP contribution in [-0.4, -0.2) is 44.6 Å². The third-order valence-electron chi connectivity index (χ3n) is 5.01. The van der Waals surface area contributed by atoms with Crippen molar-refractivity contribution in [3.63, 3.8) is 0 Å². The third-order valence-corrected chi connectivity index (χ3v) is 5.01. The Hall–Kier alpha value is -3.26. The van der Waals surface area contributed by atoms with Crippen molar-refractivity contribution in [1.29, 1.82) is 0 Å². The summed E-state index contributed by atoms with van der Waals surface area (Å²) in [5.74, 6) is 0.590. The molecule has 8 nitrogen and oxygen atoms in total. The molecule has 1 aromatic carbocycles. The molecule has 156 valence electrons. The van der Waals surface area contributed by atoms with Gasteiger partial charge >= 0.3 is 0 Å². The zero-order chi connectivity index (χ0) is 21.3. The summed E-state index contributed by atoms with van der Waals surface area (Å²) < 4.78 is 7.38. The first kappa shape index (κ1) is 20.0. The largest absolute Gasteiger partial charge is 0.493 e. The minimum absolute atomic E-state index is 0.0667. The van der Waals surface area contributed by atoms with Crippen LogP contribution in [0.3, 0.4) is 0 Å². The second-order valence-electron chi connectivity index (χ2n) is 7.97. The lowest BCUT2D eigenvalue weighted by Gasteiger charge is -2.28. The molecule has 0 spiro atoms. The zero-order valence-corrected chi connectivity index (χ0v) is 17.7. The molecule has 3 aromatic rings. The average Bonchev–Trinajstić information content (AvgIpc) is 3.06. The van der Waals surface area contributed by atoms with Crippen molar-refractivity contribution in [3.8, 4) is 5.75 Å². The van der Waals surface area contributed by atoms with Crippen LogP contribution < -0.4 is 15.4 Å². The van der Waals surface area contributed by atoms with Crippen LogP contribution in [0.25, 0.3) is 16.5 Å². The standard InChI is InChI=1S/C22H26N6O2/c1-5-30-19-11-18-15(13-28(4)27-18)10-16(19)21(29)24-20-7-6-17(25-26-20)14-8-9-23-22(2,3)12-14/h6-7,10-13,23H,5,8-9H2,1-4H3,(H,24,26,29). The summed E-state index contributed by atoms with van der Waals surface area (Å²) in [6, 6.07) is 7.24. The zero-order valence-electron chi connectivity index (χ0n) is 17.7. The fourth-order valence-electron chi connectivity index (χ4n) is 3.66. The Balaban J connectivity index is 1.56. The van der Waals surface area contributed by atoms with E-state index in [1.165, 1.54) is 0 Å². The number of carbonyl (C=O) groups excluding carboxylic acids is 1. The highest BCUT2D eigenvalue weighted by atomic mass is 16.5. The van der Waals surface area contributed by atoms with E-state index in [-0.39, 0.29) is 11.4 Å². The molecule has 4 rings (SSSR count). The number of amides is 1. The Bertz CT molecular complexity index is 1110. The predicted molar refractivity (Wildman–Crippen MR) is 117 cm³/mol. The van der Waals surface area contributed by atoms with Crippen LogP contribution in [-0.2, 0) is 7.05 Å². The molecule has 1 amide bonds. The monoisotopic (exact) mass is 406 g/mol. The van der Waals surface area contributed by atoms with E-state index in [1.807, 2.05) is 26.2 Å². The average molecular weight is 406 g/mol. The van der Waals surface area contributed by atoms with Gasteiger partial charge in [-0.25, -0.2) is 0 Å². The maximum Gasteiger partial charge on any atom is 0.260 e. The Morgan fingerprint density at radius 1 is 1.30 bits per heavy atom. The number of aryl methyl sites for hydroxylation is 1. The summed E-state index contributed by atoms with van der Waals surface area (Å²) in [5.41, 5.74) is 3.13. The second kappa shape index (κ2) is 7.87. The molecule has 3 heterocycles. The Kier molecular flexibility index (Phi) is 5.26. The number of fused-ring (bicyclic) bond motifs is 1. The number of aromatic nitrogens is 4. The van der Waals surface area contributed by atoms with E-state index in [0.717, 1.165) is 35.1 Å². The first-order valence-corrected chi connectivity index (χ1v) is 10.1. The number of nitrogens with zero attached hydrogens (tertiary/aromatic N) is 4. The minimum Gasteiger partial charge on any atom is -0.493 e. The van der Waals surface area contributed by atoms with E-state index in [1.54, 1.807) is 22.9 Å². The molecule has 0 fully saturated rings. The summed E-state index contributed by atoms with van der Waals surface area (Å²) in [7, 11) is 1.84. The lowest BCUT2D eigenvalue weighted by molar-refractivity contribution is 0.102. The molecule has 1 aliphatic heterocycles. The van der Waals surface area contributed by atoms with Gasteiger partial charge < -0.3 is 15.4 Å². The molecule has 8 heteroatoms. The minimum atomic E-state index is -0.298. The molecule has 2 aromatic heterocycles. The van der Waals surface area contributed by atoms with Crippen LogP contribution in [0.15, 0.2) is 36.5 Å². The van der Waals surface area contributed by atoms with Crippen LogP contribution in [0.1, 0.15) is 43.2 Å². The molecular formula is C22H26N6O2. The first-order chi connectivity index (χ1) is 14.3. The van der Waals surface area contributed by atoms with Gasteiger partial charge in [-0.2, -0.15) is 5.10 Å². The summed E-state index contributed by atoms with van der Waals surface area (Å²) in [5, 5.41) is 20.0. The third kappa shape index (κ3) is 4.18. The predicted octanol–water partition coefficient (Wildman–Crippen LogP) is 3.17. The number of hydrogen-bond acceptors (Lipinski definition) is 6. The summed E-state index contributed by atoms with van der Waals surface area (Å²) in [4.78, 5) is 12.9. The smallest absolute Gasteiger partial charge is 0.260 e. The number of rotatable bonds is 5. The van der Waals surface area contributed by atoms with Crippen molar-refractivity contribution >= 4 is 28.2 Å². The number of benzene rings is 1.